The van der Waals surface area contributed by atoms with Crippen LogP contribution in [0.3, 0.4) is 0 Å². The van der Waals surface area contributed by atoms with E-state index in [1.165, 1.54) is 6.07 Å². The average molecular weight is 352 g/mol. The van der Waals surface area contributed by atoms with E-state index in [0.717, 1.165) is 17.2 Å². The van der Waals surface area contributed by atoms with Gasteiger partial charge in [-0.3, -0.25) is 4.79 Å². The minimum absolute atomic E-state index is 0.0865. The van der Waals surface area contributed by atoms with Gasteiger partial charge in [-0.05, 0) is 45.6 Å². The Balaban J connectivity index is 1.93. The summed E-state index contributed by atoms with van der Waals surface area (Å²) in [6.45, 7) is 0.518. The first-order valence-corrected chi connectivity index (χ1v) is 7.35. The van der Waals surface area contributed by atoms with Gasteiger partial charge < -0.3 is 5.32 Å². The molecule has 0 radical (unpaired) electrons. The summed E-state index contributed by atoms with van der Waals surface area (Å²) in [4.78, 5) is 12.4. The van der Waals surface area contributed by atoms with Crippen LogP contribution in [0.5, 0.6) is 0 Å². The van der Waals surface area contributed by atoms with Gasteiger partial charge in [-0.25, -0.2) is 8.78 Å². The molecule has 1 heterocycles. The van der Waals surface area contributed by atoms with Gasteiger partial charge in [-0.15, -0.1) is 0 Å². The van der Waals surface area contributed by atoms with Crippen molar-refractivity contribution in [3.05, 3.63) is 69.2 Å². The molecule has 1 aliphatic heterocycles. The molecule has 0 aromatic heterocycles. The molecule has 1 atom stereocenters. The molecule has 3 rings (SSSR count). The smallest absolute Gasteiger partial charge is 0.186 e. The fourth-order valence-electron chi connectivity index (χ4n) is 2.57. The van der Waals surface area contributed by atoms with Gasteiger partial charge in [0.05, 0.1) is 16.1 Å². The molecule has 2 aromatic rings. The van der Waals surface area contributed by atoms with E-state index >= 15 is 0 Å². The Kier molecular flexibility index (Phi) is 3.87. The molecule has 0 fully saturated rings. The minimum Gasteiger partial charge on any atom is -0.303 e. The number of hydrogen-bond acceptors (Lipinski definition) is 2. The Hall–Kier alpha value is -1.59. The number of fused-ring (bicyclic) bond motifs is 1. The number of Topliss-reactive ketones (excluding diaryl/α,β-unsaturated/α-hetero) is 1. The second-order valence-electron chi connectivity index (χ2n) is 4.99. The summed E-state index contributed by atoms with van der Waals surface area (Å²) < 4.78 is 27.9. The molecule has 0 amide bonds. The summed E-state index contributed by atoms with van der Waals surface area (Å²) in [6, 6.07) is 9.47. The summed E-state index contributed by atoms with van der Waals surface area (Å²) in [5.41, 5.74) is 1.66. The molecule has 1 aliphatic rings. The van der Waals surface area contributed by atoms with Crippen LogP contribution in [0.15, 0.2) is 40.9 Å². The van der Waals surface area contributed by atoms with Crippen LogP contribution >= 0.6 is 15.9 Å². The van der Waals surface area contributed by atoms with Crippen LogP contribution in [0, 0.1) is 11.6 Å². The Morgan fingerprint density at radius 2 is 1.86 bits per heavy atom. The molecule has 0 spiro atoms. The molecule has 0 bridgehead atoms. The third-order valence-corrected chi connectivity index (χ3v) is 4.30. The van der Waals surface area contributed by atoms with Gasteiger partial charge >= 0.3 is 0 Å². The van der Waals surface area contributed by atoms with E-state index in [9.17, 15) is 13.6 Å². The highest BCUT2D eigenvalue weighted by Gasteiger charge is 2.29. The molecular weight excluding hydrogens is 340 g/mol. The van der Waals surface area contributed by atoms with Crippen LogP contribution in [0.25, 0.3) is 0 Å². The maximum Gasteiger partial charge on any atom is 0.186 e. The van der Waals surface area contributed by atoms with E-state index in [1.807, 2.05) is 24.3 Å². The van der Waals surface area contributed by atoms with Gasteiger partial charge in [0, 0.05) is 6.54 Å². The van der Waals surface area contributed by atoms with Crippen LogP contribution in [0.2, 0.25) is 0 Å². The Labute approximate surface area is 129 Å². The number of nitrogens with one attached hydrogen (secondary N) is 1. The molecule has 5 heteroatoms. The van der Waals surface area contributed by atoms with Crippen molar-refractivity contribution in [3.8, 4) is 0 Å². The van der Waals surface area contributed by atoms with Crippen LogP contribution in [-0.2, 0) is 13.0 Å². The molecule has 108 valence electrons. The van der Waals surface area contributed by atoms with Crippen molar-refractivity contribution in [2.24, 2.45) is 0 Å². The van der Waals surface area contributed by atoms with Gasteiger partial charge in [0.1, 0.15) is 5.82 Å². The van der Waals surface area contributed by atoms with Crippen LogP contribution in [-0.4, -0.2) is 11.8 Å². The maximum atomic E-state index is 14.0. The topological polar surface area (TPSA) is 29.1 Å². The number of carbonyl (C=O) groups is 1. The quantitative estimate of drug-likeness (QED) is 0.661. The minimum atomic E-state index is -0.847. The van der Waals surface area contributed by atoms with Crippen LogP contribution < -0.4 is 5.32 Å². The Bertz CT molecular complexity index is 717. The van der Waals surface area contributed by atoms with Crippen molar-refractivity contribution in [2.45, 2.75) is 19.0 Å². The monoisotopic (exact) mass is 351 g/mol. The number of carbonyl (C=O) groups excluding carboxylic acids is 1. The lowest BCUT2D eigenvalue weighted by molar-refractivity contribution is 0.0929. The molecule has 0 saturated heterocycles. The lowest BCUT2D eigenvalue weighted by Crippen LogP contribution is -2.42. The summed E-state index contributed by atoms with van der Waals surface area (Å²) in [6.07, 6.45) is 0.431. The lowest BCUT2D eigenvalue weighted by atomic mass is 9.91. The third-order valence-electron chi connectivity index (χ3n) is 3.69. The second-order valence-corrected chi connectivity index (χ2v) is 5.84. The molecule has 2 aromatic carbocycles. The predicted molar refractivity (Wildman–Crippen MR) is 79.2 cm³/mol. The predicted octanol–water partition coefficient (Wildman–Crippen LogP) is 3.62. The normalized spacial score (nSPS) is 17.4. The molecule has 1 unspecified atom stereocenters. The SMILES string of the molecule is O=C(c1c(F)ccc(Br)c1F)C1Cc2ccccc2CN1. The van der Waals surface area contributed by atoms with Crippen molar-refractivity contribution in [2.75, 3.05) is 0 Å². The van der Waals surface area contributed by atoms with Gasteiger partial charge in [0.2, 0.25) is 0 Å². The number of ketones is 1. The fraction of sp³-hybridized carbons (Fsp3) is 0.188. The zero-order valence-corrected chi connectivity index (χ0v) is 12.6. The first kappa shape index (κ1) is 14.4. The standard InChI is InChI=1S/C16H12BrF2NO/c17-11-5-6-12(18)14(15(11)19)16(21)13-7-9-3-1-2-4-10(9)8-20-13/h1-6,13,20H,7-8H2. The Morgan fingerprint density at radius 1 is 1.14 bits per heavy atom. The first-order chi connectivity index (χ1) is 10.1. The van der Waals surface area contributed by atoms with Crippen molar-refractivity contribution >= 4 is 21.7 Å². The first-order valence-electron chi connectivity index (χ1n) is 6.56. The summed E-state index contributed by atoms with van der Waals surface area (Å²) in [5.74, 6) is -2.23. The van der Waals surface area contributed by atoms with Crippen molar-refractivity contribution in [1.82, 2.24) is 5.32 Å². The largest absolute Gasteiger partial charge is 0.303 e. The van der Waals surface area contributed by atoms with Gasteiger partial charge in [0.15, 0.2) is 11.6 Å². The summed E-state index contributed by atoms with van der Waals surface area (Å²) in [5, 5.41) is 3.05. The highest BCUT2D eigenvalue weighted by atomic mass is 79.9. The molecule has 1 N–H and O–H groups in total. The van der Waals surface area contributed by atoms with Gasteiger partial charge in [-0.2, -0.15) is 0 Å². The maximum absolute atomic E-state index is 14.0. The van der Waals surface area contributed by atoms with E-state index in [0.29, 0.717) is 13.0 Å². The van der Waals surface area contributed by atoms with Crippen molar-refractivity contribution < 1.29 is 13.6 Å². The van der Waals surface area contributed by atoms with E-state index in [-0.39, 0.29) is 4.47 Å². The molecule has 21 heavy (non-hydrogen) atoms. The van der Waals surface area contributed by atoms with E-state index < -0.39 is 29.0 Å². The average Bonchev–Trinajstić information content (AvgIpc) is 2.51. The van der Waals surface area contributed by atoms with E-state index in [1.54, 1.807) is 0 Å². The van der Waals surface area contributed by atoms with Crippen molar-refractivity contribution in [1.29, 1.82) is 0 Å². The second kappa shape index (κ2) is 5.66. The third kappa shape index (κ3) is 2.63. The Morgan fingerprint density at radius 3 is 2.62 bits per heavy atom. The number of benzene rings is 2. The highest BCUT2D eigenvalue weighted by molar-refractivity contribution is 9.10. The van der Waals surface area contributed by atoms with E-state index in [2.05, 4.69) is 21.2 Å². The molecular formula is C16H12BrF2NO. The zero-order chi connectivity index (χ0) is 15.0. The molecule has 0 aliphatic carbocycles. The number of hydrogen-bond donors (Lipinski definition) is 1. The number of rotatable bonds is 2. The van der Waals surface area contributed by atoms with Crippen LogP contribution in [0.1, 0.15) is 21.5 Å². The molecule has 0 saturated carbocycles. The van der Waals surface area contributed by atoms with Gasteiger partial charge in [-0.1, -0.05) is 24.3 Å². The summed E-state index contributed by atoms with van der Waals surface area (Å²) >= 11 is 2.98. The van der Waals surface area contributed by atoms with Gasteiger partial charge in [0.25, 0.3) is 0 Å². The molecule has 2 nitrogen and oxygen atoms in total. The highest BCUT2D eigenvalue weighted by Crippen LogP contribution is 2.25. The number of halogens is 3. The fourth-order valence-corrected chi connectivity index (χ4v) is 2.90. The van der Waals surface area contributed by atoms with Crippen LogP contribution in [0.4, 0.5) is 8.78 Å². The summed E-state index contributed by atoms with van der Waals surface area (Å²) in [7, 11) is 0. The zero-order valence-electron chi connectivity index (χ0n) is 11.0. The van der Waals surface area contributed by atoms with Crippen molar-refractivity contribution in [3.63, 3.8) is 0 Å². The van der Waals surface area contributed by atoms with E-state index in [4.69, 9.17) is 0 Å². The lowest BCUT2D eigenvalue weighted by Gasteiger charge is -2.25.